The number of rotatable bonds is 2. The molecule has 0 N–H and O–H groups in total. The Kier molecular flexibility index (Phi) is 5.03. The number of aromatic nitrogens is 3. The average Bonchev–Trinajstić information content (AvgIpc) is 2.66. The van der Waals surface area contributed by atoms with E-state index in [4.69, 9.17) is 11.6 Å². The largest absolute Gasteiger partial charge is 0.464 e. The standard InChI is InChI=1S/C19H12ClN3O2/c1-25-18(24)17-11-16(22-19(20)23-17)15-8-6-13(7-9-15)4-5-14-3-2-10-21-12-14/h2-3,6-12H,1H3. The Bertz CT molecular complexity index is 961. The van der Waals surface area contributed by atoms with Crippen molar-refractivity contribution in [2.24, 2.45) is 0 Å². The van der Waals surface area contributed by atoms with Gasteiger partial charge < -0.3 is 4.74 Å². The van der Waals surface area contributed by atoms with E-state index in [-0.39, 0.29) is 11.0 Å². The zero-order chi connectivity index (χ0) is 17.6. The molecule has 122 valence electrons. The molecule has 0 unspecified atom stereocenters. The zero-order valence-electron chi connectivity index (χ0n) is 13.2. The van der Waals surface area contributed by atoms with Gasteiger partial charge in [0, 0.05) is 29.1 Å². The van der Waals surface area contributed by atoms with Gasteiger partial charge in [0.2, 0.25) is 5.28 Å². The van der Waals surface area contributed by atoms with Gasteiger partial charge in [-0.2, -0.15) is 0 Å². The summed E-state index contributed by atoms with van der Waals surface area (Å²) in [5.41, 5.74) is 3.13. The molecule has 0 aliphatic carbocycles. The van der Waals surface area contributed by atoms with E-state index >= 15 is 0 Å². The number of hydrogen-bond donors (Lipinski definition) is 0. The summed E-state index contributed by atoms with van der Waals surface area (Å²) >= 11 is 5.89. The Labute approximate surface area is 149 Å². The fourth-order valence-electron chi connectivity index (χ4n) is 2.08. The Hall–Kier alpha value is -3.23. The van der Waals surface area contributed by atoms with Gasteiger partial charge in [0.1, 0.15) is 0 Å². The van der Waals surface area contributed by atoms with Crippen molar-refractivity contribution in [3.05, 3.63) is 77.0 Å². The summed E-state index contributed by atoms with van der Waals surface area (Å²) < 4.78 is 4.66. The lowest BCUT2D eigenvalue weighted by Crippen LogP contribution is -2.05. The van der Waals surface area contributed by atoms with E-state index in [9.17, 15) is 4.79 Å². The first-order chi connectivity index (χ1) is 12.2. The van der Waals surface area contributed by atoms with Crippen molar-refractivity contribution in [3.8, 4) is 23.1 Å². The summed E-state index contributed by atoms with van der Waals surface area (Å²) in [5, 5.41) is -0.0154. The van der Waals surface area contributed by atoms with E-state index in [1.165, 1.54) is 13.2 Å². The molecule has 0 radical (unpaired) electrons. The Morgan fingerprint density at radius 2 is 1.84 bits per heavy atom. The molecular formula is C19H12ClN3O2. The van der Waals surface area contributed by atoms with Gasteiger partial charge in [-0.15, -0.1) is 0 Å². The number of nitrogens with zero attached hydrogens (tertiary/aromatic N) is 3. The van der Waals surface area contributed by atoms with Crippen molar-refractivity contribution < 1.29 is 9.53 Å². The molecule has 0 atom stereocenters. The molecule has 0 saturated heterocycles. The van der Waals surface area contributed by atoms with Gasteiger partial charge in [0.05, 0.1) is 12.8 Å². The summed E-state index contributed by atoms with van der Waals surface area (Å²) in [6.45, 7) is 0. The van der Waals surface area contributed by atoms with Crippen molar-refractivity contribution in [2.75, 3.05) is 7.11 Å². The first kappa shape index (κ1) is 16.6. The maximum atomic E-state index is 11.6. The minimum absolute atomic E-state index is 0.0154. The lowest BCUT2D eigenvalue weighted by Gasteiger charge is -2.04. The zero-order valence-corrected chi connectivity index (χ0v) is 14.0. The molecule has 1 aromatic carbocycles. The molecular weight excluding hydrogens is 338 g/mol. The fourth-order valence-corrected chi connectivity index (χ4v) is 2.26. The molecule has 0 spiro atoms. The van der Waals surface area contributed by atoms with Crippen LogP contribution in [0.1, 0.15) is 21.6 Å². The van der Waals surface area contributed by atoms with Crippen molar-refractivity contribution in [1.82, 2.24) is 15.0 Å². The second kappa shape index (κ2) is 7.56. The predicted molar refractivity (Wildman–Crippen MR) is 94.0 cm³/mol. The summed E-state index contributed by atoms with van der Waals surface area (Å²) in [6, 6.07) is 12.7. The van der Waals surface area contributed by atoms with Crippen molar-refractivity contribution >= 4 is 17.6 Å². The Balaban J connectivity index is 1.87. The SMILES string of the molecule is COC(=O)c1cc(-c2ccc(C#Cc3cccnc3)cc2)nc(Cl)n1. The third kappa shape index (κ3) is 4.19. The number of pyridine rings is 1. The lowest BCUT2D eigenvalue weighted by molar-refractivity contribution is 0.0594. The molecule has 0 fully saturated rings. The number of hydrogen-bond acceptors (Lipinski definition) is 5. The first-order valence-corrected chi connectivity index (χ1v) is 7.69. The number of carbonyl (C=O) groups excluding carboxylic acids is 1. The first-order valence-electron chi connectivity index (χ1n) is 7.31. The van der Waals surface area contributed by atoms with E-state index in [0.29, 0.717) is 5.69 Å². The van der Waals surface area contributed by atoms with Gasteiger partial charge in [0.25, 0.3) is 0 Å². The third-order valence-electron chi connectivity index (χ3n) is 3.29. The molecule has 6 heteroatoms. The van der Waals surface area contributed by atoms with Crippen LogP contribution in [0.4, 0.5) is 0 Å². The molecule has 2 heterocycles. The highest BCUT2D eigenvalue weighted by Crippen LogP contribution is 2.20. The maximum absolute atomic E-state index is 11.6. The van der Waals surface area contributed by atoms with Crippen LogP contribution in [0, 0.1) is 11.8 Å². The Morgan fingerprint density at radius 1 is 1.08 bits per heavy atom. The molecule has 0 amide bonds. The van der Waals surface area contributed by atoms with Crippen LogP contribution >= 0.6 is 11.6 Å². The number of benzene rings is 1. The van der Waals surface area contributed by atoms with E-state index in [0.717, 1.165) is 16.7 Å². The van der Waals surface area contributed by atoms with Crippen LogP contribution in [0.15, 0.2) is 54.9 Å². The number of esters is 1. The number of ether oxygens (including phenoxy) is 1. The van der Waals surface area contributed by atoms with E-state index in [1.807, 2.05) is 36.4 Å². The van der Waals surface area contributed by atoms with E-state index in [1.54, 1.807) is 12.4 Å². The van der Waals surface area contributed by atoms with Crippen molar-refractivity contribution in [1.29, 1.82) is 0 Å². The van der Waals surface area contributed by atoms with Crippen LogP contribution in [0.2, 0.25) is 5.28 Å². The van der Waals surface area contributed by atoms with Gasteiger partial charge in [-0.05, 0) is 41.9 Å². The van der Waals surface area contributed by atoms with Gasteiger partial charge >= 0.3 is 5.97 Å². The van der Waals surface area contributed by atoms with Gasteiger partial charge in [-0.3, -0.25) is 4.98 Å². The second-order valence-corrected chi connectivity index (χ2v) is 5.31. The minimum atomic E-state index is -0.565. The summed E-state index contributed by atoms with van der Waals surface area (Å²) in [4.78, 5) is 23.7. The smallest absolute Gasteiger partial charge is 0.356 e. The highest BCUT2D eigenvalue weighted by molar-refractivity contribution is 6.28. The number of methoxy groups -OCH3 is 1. The Morgan fingerprint density at radius 3 is 2.52 bits per heavy atom. The molecule has 5 nitrogen and oxygen atoms in total. The summed E-state index contributed by atoms with van der Waals surface area (Å²) in [5.74, 6) is 5.54. The van der Waals surface area contributed by atoms with Crippen LogP contribution in [-0.2, 0) is 4.74 Å². The molecule has 0 saturated carbocycles. The second-order valence-electron chi connectivity index (χ2n) is 4.97. The molecule has 2 aromatic heterocycles. The normalized spacial score (nSPS) is 9.84. The summed E-state index contributed by atoms with van der Waals surface area (Å²) in [7, 11) is 1.29. The minimum Gasteiger partial charge on any atom is -0.464 e. The molecule has 25 heavy (non-hydrogen) atoms. The van der Waals surface area contributed by atoms with Crippen molar-refractivity contribution in [3.63, 3.8) is 0 Å². The topological polar surface area (TPSA) is 65.0 Å². The molecule has 3 aromatic rings. The highest BCUT2D eigenvalue weighted by atomic mass is 35.5. The van der Waals surface area contributed by atoms with Crippen LogP contribution in [-0.4, -0.2) is 28.0 Å². The van der Waals surface area contributed by atoms with Gasteiger partial charge in [-0.25, -0.2) is 14.8 Å². The molecule has 3 rings (SSSR count). The molecule has 0 aliphatic rings. The van der Waals surface area contributed by atoms with E-state index in [2.05, 4.69) is 31.5 Å². The van der Waals surface area contributed by atoms with Crippen LogP contribution in [0.5, 0.6) is 0 Å². The number of carbonyl (C=O) groups is 1. The summed E-state index contributed by atoms with van der Waals surface area (Å²) in [6.07, 6.45) is 3.41. The van der Waals surface area contributed by atoms with Gasteiger partial charge in [0.15, 0.2) is 5.69 Å². The van der Waals surface area contributed by atoms with Gasteiger partial charge in [-0.1, -0.05) is 24.0 Å². The molecule has 0 bridgehead atoms. The quantitative estimate of drug-likeness (QED) is 0.403. The lowest BCUT2D eigenvalue weighted by atomic mass is 10.1. The van der Waals surface area contributed by atoms with E-state index < -0.39 is 5.97 Å². The average molecular weight is 350 g/mol. The van der Waals surface area contributed by atoms with Crippen molar-refractivity contribution in [2.45, 2.75) is 0 Å². The third-order valence-corrected chi connectivity index (χ3v) is 3.46. The monoisotopic (exact) mass is 349 g/mol. The van der Waals surface area contributed by atoms with Crippen LogP contribution in [0.3, 0.4) is 0 Å². The fraction of sp³-hybridized carbons (Fsp3) is 0.0526. The maximum Gasteiger partial charge on any atom is 0.356 e. The molecule has 0 aliphatic heterocycles. The number of halogens is 1. The van der Waals surface area contributed by atoms with Crippen LogP contribution < -0.4 is 0 Å². The van der Waals surface area contributed by atoms with Crippen LogP contribution in [0.25, 0.3) is 11.3 Å². The highest BCUT2D eigenvalue weighted by Gasteiger charge is 2.12. The predicted octanol–water partition coefficient (Wildman–Crippen LogP) is 3.38.